The Labute approximate surface area is 168 Å². The van der Waals surface area contributed by atoms with Crippen molar-refractivity contribution in [2.45, 2.75) is 32.4 Å². The number of nitrogens with one attached hydrogen (secondary N) is 1. The first-order valence-corrected chi connectivity index (χ1v) is 10.6. The Kier molecular flexibility index (Phi) is 5.48. The van der Waals surface area contributed by atoms with Gasteiger partial charge in [0.25, 0.3) is 5.91 Å². The van der Waals surface area contributed by atoms with Gasteiger partial charge in [-0.1, -0.05) is 54.1 Å². The highest BCUT2D eigenvalue weighted by Gasteiger charge is 2.24. The number of carbonyl (C=O) groups excluding carboxylic acids is 1. The number of fused-ring (bicyclic) bond motifs is 1. The highest BCUT2D eigenvalue weighted by molar-refractivity contribution is 7.21. The van der Waals surface area contributed by atoms with Gasteiger partial charge in [-0.25, -0.2) is 0 Å². The Balaban J connectivity index is 1.35. The highest BCUT2D eigenvalue weighted by atomic mass is 35.5. The van der Waals surface area contributed by atoms with Crippen LogP contribution in [0.3, 0.4) is 0 Å². The lowest BCUT2D eigenvalue weighted by Crippen LogP contribution is -2.44. The number of halogens is 1. The Morgan fingerprint density at radius 1 is 1.15 bits per heavy atom. The van der Waals surface area contributed by atoms with Crippen molar-refractivity contribution in [3.63, 3.8) is 0 Å². The van der Waals surface area contributed by atoms with Crippen molar-refractivity contribution < 1.29 is 4.79 Å². The third-order valence-corrected chi connectivity index (χ3v) is 6.99. The maximum absolute atomic E-state index is 12.7. The molecule has 1 amide bonds. The zero-order valence-corrected chi connectivity index (χ0v) is 16.9. The first-order valence-electron chi connectivity index (χ1n) is 9.36. The summed E-state index contributed by atoms with van der Waals surface area (Å²) in [5.41, 5.74) is 2.73. The molecule has 0 unspecified atom stereocenters. The van der Waals surface area contributed by atoms with Gasteiger partial charge in [0.05, 0.1) is 5.02 Å². The summed E-state index contributed by atoms with van der Waals surface area (Å²) in [7, 11) is 0. The molecule has 5 heteroatoms. The molecule has 27 heavy (non-hydrogen) atoms. The minimum absolute atomic E-state index is 0.0430. The van der Waals surface area contributed by atoms with Gasteiger partial charge in [0.1, 0.15) is 4.88 Å². The van der Waals surface area contributed by atoms with Crippen LogP contribution in [0.5, 0.6) is 0 Å². The third-order valence-electron chi connectivity index (χ3n) is 5.32. The van der Waals surface area contributed by atoms with Crippen LogP contribution < -0.4 is 5.32 Å². The number of thiophene rings is 1. The molecule has 0 atom stereocenters. The van der Waals surface area contributed by atoms with E-state index in [9.17, 15) is 4.79 Å². The van der Waals surface area contributed by atoms with Crippen LogP contribution in [0.25, 0.3) is 10.1 Å². The largest absolute Gasteiger partial charge is 0.348 e. The fourth-order valence-corrected chi connectivity index (χ4v) is 5.09. The second kappa shape index (κ2) is 8.01. The number of piperidine rings is 1. The average molecular weight is 399 g/mol. The first kappa shape index (κ1) is 18.5. The Morgan fingerprint density at radius 2 is 1.85 bits per heavy atom. The van der Waals surface area contributed by atoms with Crippen molar-refractivity contribution in [3.8, 4) is 0 Å². The monoisotopic (exact) mass is 398 g/mol. The molecule has 1 aliphatic heterocycles. The lowest BCUT2D eigenvalue weighted by molar-refractivity contribution is 0.0913. The minimum Gasteiger partial charge on any atom is -0.348 e. The van der Waals surface area contributed by atoms with Crippen LogP contribution in [0.15, 0.2) is 48.5 Å². The van der Waals surface area contributed by atoms with Gasteiger partial charge >= 0.3 is 0 Å². The van der Waals surface area contributed by atoms with Gasteiger partial charge in [-0.3, -0.25) is 9.69 Å². The summed E-state index contributed by atoms with van der Waals surface area (Å²) in [4.78, 5) is 15.8. The molecule has 1 fully saturated rings. The van der Waals surface area contributed by atoms with Crippen molar-refractivity contribution in [2.24, 2.45) is 0 Å². The van der Waals surface area contributed by atoms with E-state index in [1.807, 2.05) is 24.3 Å². The fourth-order valence-electron chi connectivity index (χ4n) is 3.67. The number of hydrogen-bond donors (Lipinski definition) is 1. The molecule has 3 aromatic rings. The van der Waals surface area contributed by atoms with Gasteiger partial charge in [0, 0.05) is 35.8 Å². The van der Waals surface area contributed by atoms with Crippen LogP contribution in [0, 0.1) is 6.92 Å². The van der Waals surface area contributed by atoms with E-state index in [-0.39, 0.29) is 11.9 Å². The Bertz CT molecular complexity index is 960. The second-order valence-corrected chi connectivity index (χ2v) is 8.62. The van der Waals surface area contributed by atoms with Crippen molar-refractivity contribution in [2.75, 3.05) is 13.1 Å². The molecular weight excluding hydrogens is 376 g/mol. The maximum atomic E-state index is 12.7. The fraction of sp³-hybridized carbons (Fsp3) is 0.318. The number of benzene rings is 2. The molecule has 1 saturated heterocycles. The molecule has 3 nitrogen and oxygen atoms in total. The van der Waals surface area contributed by atoms with Crippen LogP contribution >= 0.6 is 22.9 Å². The first-order chi connectivity index (χ1) is 13.1. The number of carbonyl (C=O) groups is 1. The van der Waals surface area contributed by atoms with E-state index in [1.54, 1.807) is 0 Å². The number of aryl methyl sites for hydroxylation is 1. The highest BCUT2D eigenvalue weighted by Crippen LogP contribution is 2.35. The summed E-state index contributed by atoms with van der Waals surface area (Å²) in [6.07, 6.45) is 1.94. The van der Waals surface area contributed by atoms with Crippen molar-refractivity contribution in [1.82, 2.24) is 10.2 Å². The lowest BCUT2D eigenvalue weighted by Gasteiger charge is -2.32. The summed E-state index contributed by atoms with van der Waals surface area (Å²) < 4.78 is 1.06. The lowest BCUT2D eigenvalue weighted by atomic mass is 10.0. The molecular formula is C22H23ClN2OS. The molecule has 140 valence electrons. The SMILES string of the molecule is Cc1ccccc1CN1CCC(NC(=O)c2sc3ccccc3c2Cl)CC1. The molecule has 0 aliphatic carbocycles. The number of likely N-dealkylation sites (tertiary alicyclic amines) is 1. The standard InChI is InChI=1S/C22H23ClN2OS/c1-15-6-2-3-7-16(15)14-25-12-10-17(11-13-25)24-22(26)21-20(23)18-8-4-5-9-19(18)27-21/h2-9,17H,10-14H2,1H3,(H,24,26). The molecule has 4 rings (SSSR count). The van der Waals surface area contributed by atoms with Crippen molar-refractivity contribution >= 4 is 38.9 Å². The van der Waals surface area contributed by atoms with Crippen LogP contribution in [-0.2, 0) is 6.54 Å². The Morgan fingerprint density at radius 3 is 2.59 bits per heavy atom. The van der Waals surface area contributed by atoms with Gasteiger partial charge < -0.3 is 5.32 Å². The zero-order chi connectivity index (χ0) is 18.8. The van der Waals surface area contributed by atoms with E-state index >= 15 is 0 Å². The molecule has 1 aliphatic rings. The number of hydrogen-bond acceptors (Lipinski definition) is 3. The summed E-state index contributed by atoms with van der Waals surface area (Å²) >= 11 is 7.91. The summed E-state index contributed by atoms with van der Waals surface area (Å²) in [6, 6.07) is 16.7. The average Bonchev–Trinajstić information content (AvgIpc) is 3.02. The third kappa shape index (κ3) is 4.03. The van der Waals surface area contributed by atoms with Crippen LogP contribution in [0.1, 0.15) is 33.6 Å². The quantitative estimate of drug-likeness (QED) is 0.650. The summed E-state index contributed by atoms with van der Waals surface area (Å²) in [5.74, 6) is -0.0430. The summed E-state index contributed by atoms with van der Waals surface area (Å²) in [6.45, 7) is 5.14. The predicted molar refractivity (Wildman–Crippen MR) is 114 cm³/mol. The van der Waals surface area contributed by atoms with E-state index in [1.165, 1.54) is 22.5 Å². The van der Waals surface area contributed by atoms with Gasteiger partial charge in [-0.05, 0) is 37.0 Å². The van der Waals surface area contributed by atoms with E-state index in [2.05, 4.69) is 41.4 Å². The Hall–Kier alpha value is -1.88. The molecule has 2 heterocycles. The van der Waals surface area contributed by atoms with Crippen LogP contribution in [-0.4, -0.2) is 29.9 Å². The summed E-state index contributed by atoms with van der Waals surface area (Å²) in [5, 5.41) is 4.73. The van der Waals surface area contributed by atoms with Gasteiger partial charge in [-0.2, -0.15) is 0 Å². The van der Waals surface area contributed by atoms with E-state index in [4.69, 9.17) is 11.6 Å². The van der Waals surface area contributed by atoms with Crippen molar-refractivity contribution in [3.05, 3.63) is 69.6 Å². The topological polar surface area (TPSA) is 32.3 Å². The van der Waals surface area contributed by atoms with E-state index < -0.39 is 0 Å². The zero-order valence-electron chi connectivity index (χ0n) is 15.4. The molecule has 0 radical (unpaired) electrons. The smallest absolute Gasteiger partial charge is 0.263 e. The molecule has 2 aromatic carbocycles. The van der Waals surface area contributed by atoms with Gasteiger partial charge in [0.15, 0.2) is 0 Å². The molecule has 1 N–H and O–H groups in total. The van der Waals surface area contributed by atoms with E-state index in [0.29, 0.717) is 9.90 Å². The van der Waals surface area contributed by atoms with Gasteiger partial charge in [-0.15, -0.1) is 11.3 Å². The van der Waals surface area contributed by atoms with Crippen molar-refractivity contribution in [1.29, 1.82) is 0 Å². The van der Waals surface area contributed by atoms with Crippen LogP contribution in [0.4, 0.5) is 0 Å². The second-order valence-electron chi connectivity index (χ2n) is 7.19. The van der Waals surface area contributed by atoms with Crippen LogP contribution in [0.2, 0.25) is 5.02 Å². The maximum Gasteiger partial charge on any atom is 0.263 e. The molecule has 0 bridgehead atoms. The molecule has 0 saturated carbocycles. The predicted octanol–water partition coefficient (Wildman–Crippen LogP) is 5.26. The van der Waals surface area contributed by atoms with Gasteiger partial charge in [0.2, 0.25) is 0 Å². The molecule has 0 spiro atoms. The number of rotatable bonds is 4. The number of amides is 1. The van der Waals surface area contributed by atoms with E-state index in [0.717, 1.165) is 42.6 Å². The number of nitrogens with zero attached hydrogens (tertiary/aromatic N) is 1. The minimum atomic E-state index is -0.0430. The normalized spacial score (nSPS) is 15.9. The molecule has 1 aromatic heterocycles.